The summed E-state index contributed by atoms with van der Waals surface area (Å²) in [6.07, 6.45) is 1.42. The van der Waals surface area contributed by atoms with Gasteiger partial charge in [0, 0.05) is 0 Å². The van der Waals surface area contributed by atoms with E-state index in [4.69, 9.17) is 31.1 Å². The highest BCUT2D eigenvalue weighted by Gasteiger charge is 2.11. The van der Waals surface area contributed by atoms with Crippen LogP contribution in [0.3, 0.4) is 0 Å². The number of carbonyl (C=O) groups is 1. The average molecular weight is 388 g/mol. The molecule has 2 rings (SSSR count). The molecule has 0 atom stereocenters. The maximum Gasteiger partial charge on any atom is 0.277 e. The number of benzene rings is 2. The molecule has 7 nitrogen and oxygen atoms in total. The van der Waals surface area contributed by atoms with Crippen molar-refractivity contribution < 1.29 is 19.0 Å². The van der Waals surface area contributed by atoms with Gasteiger partial charge < -0.3 is 14.2 Å². The van der Waals surface area contributed by atoms with E-state index in [0.717, 1.165) is 0 Å². The van der Waals surface area contributed by atoms with Crippen molar-refractivity contribution in [2.45, 2.75) is 6.92 Å². The van der Waals surface area contributed by atoms with Gasteiger partial charge in [-0.25, -0.2) is 5.43 Å². The van der Waals surface area contributed by atoms with E-state index in [0.29, 0.717) is 40.0 Å². The molecule has 0 heterocycles. The molecule has 8 heteroatoms. The number of nitrogens with zero attached hydrogens (tertiary/aromatic N) is 2. The summed E-state index contributed by atoms with van der Waals surface area (Å²) < 4.78 is 16.0. The zero-order chi connectivity index (χ0) is 19.6. The van der Waals surface area contributed by atoms with Crippen LogP contribution >= 0.6 is 11.6 Å². The molecule has 0 aromatic heterocycles. The molecule has 0 saturated carbocycles. The van der Waals surface area contributed by atoms with Gasteiger partial charge in [0.1, 0.15) is 11.8 Å². The van der Waals surface area contributed by atoms with E-state index in [1.807, 2.05) is 13.0 Å². The van der Waals surface area contributed by atoms with Crippen LogP contribution in [0.25, 0.3) is 0 Å². The van der Waals surface area contributed by atoms with Crippen molar-refractivity contribution in [3.05, 3.63) is 52.5 Å². The first-order chi connectivity index (χ1) is 13.1. The summed E-state index contributed by atoms with van der Waals surface area (Å²) in [6.45, 7) is 2.02. The molecule has 0 aliphatic heterocycles. The van der Waals surface area contributed by atoms with Gasteiger partial charge in [-0.15, -0.1) is 0 Å². The molecule has 0 radical (unpaired) electrons. The minimum absolute atomic E-state index is 0.274. The lowest BCUT2D eigenvalue weighted by Gasteiger charge is -2.11. The summed E-state index contributed by atoms with van der Waals surface area (Å²) >= 11 is 6.18. The highest BCUT2D eigenvalue weighted by Crippen LogP contribution is 2.35. The smallest absolute Gasteiger partial charge is 0.277 e. The van der Waals surface area contributed by atoms with Gasteiger partial charge in [-0.2, -0.15) is 10.4 Å². The number of nitriles is 1. The van der Waals surface area contributed by atoms with Crippen molar-refractivity contribution in [2.75, 3.05) is 20.3 Å². The predicted molar refractivity (Wildman–Crippen MR) is 102 cm³/mol. The van der Waals surface area contributed by atoms with Crippen LogP contribution in [0.5, 0.6) is 17.2 Å². The Morgan fingerprint density at radius 1 is 1.30 bits per heavy atom. The highest BCUT2D eigenvalue weighted by molar-refractivity contribution is 6.32. The molecule has 0 aliphatic carbocycles. The van der Waals surface area contributed by atoms with Crippen molar-refractivity contribution in [3.8, 4) is 23.3 Å². The van der Waals surface area contributed by atoms with Crippen LogP contribution in [0.15, 0.2) is 41.5 Å². The van der Waals surface area contributed by atoms with Gasteiger partial charge in [0.15, 0.2) is 18.1 Å². The summed E-state index contributed by atoms with van der Waals surface area (Å²) in [4.78, 5) is 11.8. The number of amides is 1. The number of methoxy groups -OCH3 is 1. The van der Waals surface area contributed by atoms with Crippen LogP contribution in [0.1, 0.15) is 18.1 Å². The summed E-state index contributed by atoms with van der Waals surface area (Å²) in [5.74, 6) is 0.783. The molecule has 140 valence electrons. The van der Waals surface area contributed by atoms with E-state index in [2.05, 4.69) is 10.5 Å². The van der Waals surface area contributed by atoms with Gasteiger partial charge in [-0.05, 0) is 36.8 Å². The lowest BCUT2D eigenvalue weighted by atomic mass is 10.2. The first-order valence-electron chi connectivity index (χ1n) is 8.03. The second-order valence-corrected chi connectivity index (χ2v) is 5.56. The summed E-state index contributed by atoms with van der Waals surface area (Å²) in [5.41, 5.74) is 3.32. The van der Waals surface area contributed by atoms with Gasteiger partial charge in [0.05, 0.1) is 30.5 Å². The third-order valence-electron chi connectivity index (χ3n) is 3.31. The lowest BCUT2D eigenvalue weighted by molar-refractivity contribution is -0.123. The number of hydrogen-bond acceptors (Lipinski definition) is 6. The molecule has 0 spiro atoms. The molecule has 0 bridgehead atoms. The predicted octanol–water partition coefficient (Wildman–Crippen LogP) is 3.15. The van der Waals surface area contributed by atoms with E-state index in [-0.39, 0.29) is 6.61 Å². The van der Waals surface area contributed by atoms with E-state index in [1.165, 1.54) is 13.3 Å². The molecule has 27 heavy (non-hydrogen) atoms. The van der Waals surface area contributed by atoms with Crippen molar-refractivity contribution in [1.29, 1.82) is 5.26 Å². The van der Waals surface area contributed by atoms with Gasteiger partial charge in [0.2, 0.25) is 0 Å². The zero-order valence-electron chi connectivity index (χ0n) is 14.9. The molecular formula is C19H18ClN3O4. The van der Waals surface area contributed by atoms with Gasteiger partial charge in [-0.3, -0.25) is 4.79 Å². The molecule has 2 aromatic rings. The Balaban J connectivity index is 1.96. The Bertz CT molecular complexity index is 878. The molecule has 0 aliphatic rings. The van der Waals surface area contributed by atoms with Crippen molar-refractivity contribution in [3.63, 3.8) is 0 Å². The molecule has 0 saturated heterocycles. The van der Waals surface area contributed by atoms with Gasteiger partial charge in [-0.1, -0.05) is 23.7 Å². The minimum atomic E-state index is -0.469. The molecule has 2 aromatic carbocycles. The molecule has 0 fully saturated rings. The number of para-hydroxylation sites is 1. The van der Waals surface area contributed by atoms with Crippen LogP contribution in [-0.4, -0.2) is 32.4 Å². The Kier molecular flexibility index (Phi) is 7.47. The molecular weight excluding hydrogens is 370 g/mol. The fourth-order valence-electron chi connectivity index (χ4n) is 2.14. The Hall–Kier alpha value is -3.24. The molecule has 1 amide bonds. The lowest BCUT2D eigenvalue weighted by Crippen LogP contribution is -2.24. The third-order valence-corrected chi connectivity index (χ3v) is 3.59. The van der Waals surface area contributed by atoms with Crippen LogP contribution in [-0.2, 0) is 4.79 Å². The SMILES string of the molecule is CCOc1c(Cl)cc(/C=N/NC(=O)COc2ccccc2C#N)cc1OC. The maximum atomic E-state index is 11.8. The Morgan fingerprint density at radius 3 is 2.78 bits per heavy atom. The largest absolute Gasteiger partial charge is 0.493 e. The van der Waals surface area contributed by atoms with Crippen molar-refractivity contribution >= 4 is 23.7 Å². The number of hydrogen-bond donors (Lipinski definition) is 1. The Labute approximate surface area is 162 Å². The normalized spacial score (nSPS) is 10.3. The van der Waals surface area contributed by atoms with E-state index in [1.54, 1.807) is 36.4 Å². The van der Waals surface area contributed by atoms with Crippen molar-refractivity contribution in [1.82, 2.24) is 5.43 Å². The summed E-state index contributed by atoms with van der Waals surface area (Å²) in [6, 6.07) is 12.0. The molecule has 0 unspecified atom stereocenters. The second kappa shape index (κ2) is 10.0. The minimum Gasteiger partial charge on any atom is -0.493 e. The summed E-state index contributed by atoms with van der Waals surface area (Å²) in [5, 5.41) is 13.2. The molecule has 1 N–H and O–H groups in total. The fourth-order valence-corrected chi connectivity index (χ4v) is 2.41. The van der Waals surface area contributed by atoms with Gasteiger partial charge in [0.25, 0.3) is 5.91 Å². The van der Waals surface area contributed by atoms with Crippen LogP contribution in [0.2, 0.25) is 5.02 Å². The standard InChI is InChI=1S/C19H18ClN3O4/c1-3-26-19-15(20)8-13(9-17(19)25-2)11-22-23-18(24)12-27-16-7-5-4-6-14(16)10-21/h4-9,11H,3,12H2,1-2H3,(H,23,24)/b22-11+. The maximum absolute atomic E-state index is 11.8. The number of carbonyl (C=O) groups excluding carboxylic acids is 1. The summed E-state index contributed by atoms with van der Waals surface area (Å²) in [7, 11) is 1.51. The van der Waals surface area contributed by atoms with E-state index < -0.39 is 5.91 Å². The highest BCUT2D eigenvalue weighted by atomic mass is 35.5. The first-order valence-corrected chi connectivity index (χ1v) is 8.41. The van der Waals surface area contributed by atoms with Gasteiger partial charge >= 0.3 is 0 Å². The number of ether oxygens (including phenoxy) is 3. The van der Waals surface area contributed by atoms with E-state index in [9.17, 15) is 4.79 Å². The second-order valence-electron chi connectivity index (χ2n) is 5.16. The average Bonchev–Trinajstić information content (AvgIpc) is 2.68. The number of halogens is 1. The monoisotopic (exact) mass is 387 g/mol. The zero-order valence-corrected chi connectivity index (χ0v) is 15.6. The van der Waals surface area contributed by atoms with Crippen LogP contribution in [0.4, 0.5) is 0 Å². The first kappa shape index (κ1) is 20.1. The third kappa shape index (κ3) is 5.62. The van der Waals surface area contributed by atoms with Crippen molar-refractivity contribution in [2.24, 2.45) is 5.10 Å². The van der Waals surface area contributed by atoms with Crippen LogP contribution in [0, 0.1) is 11.3 Å². The fraction of sp³-hybridized carbons (Fsp3) is 0.211. The number of rotatable bonds is 8. The van der Waals surface area contributed by atoms with Crippen LogP contribution < -0.4 is 19.6 Å². The number of hydrazone groups is 1. The quantitative estimate of drug-likeness (QED) is 0.554. The number of nitrogens with one attached hydrogen (secondary N) is 1. The topological polar surface area (TPSA) is 92.9 Å². The Morgan fingerprint density at radius 2 is 2.07 bits per heavy atom. The van der Waals surface area contributed by atoms with E-state index >= 15 is 0 Å².